The number of hydrogen-bond acceptors (Lipinski definition) is 2. The molecule has 0 saturated carbocycles. The van der Waals surface area contributed by atoms with Crippen LogP contribution in [0.2, 0.25) is 0 Å². The van der Waals surface area contributed by atoms with Crippen LogP contribution >= 0.6 is 22.6 Å². The fourth-order valence-corrected chi connectivity index (χ4v) is 1.12. The van der Waals surface area contributed by atoms with E-state index < -0.39 is 0 Å². The molecule has 0 spiro atoms. The van der Waals surface area contributed by atoms with E-state index >= 15 is 0 Å². The highest BCUT2D eigenvalue weighted by atomic mass is 127. The fourth-order valence-electron chi connectivity index (χ4n) is 0.748. The number of methoxy groups -OCH3 is 1. The molecule has 11 heavy (non-hydrogen) atoms. The van der Waals surface area contributed by atoms with Crippen molar-refractivity contribution in [2.75, 3.05) is 7.11 Å². The van der Waals surface area contributed by atoms with Gasteiger partial charge in [-0.25, -0.2) is 9.37 Å². The van der Waals surface area contributed by atoms with Gasteiger partial charge < -0.3 is 4.74 Å². The maximum atomic E-state index is 12.8. The topological polar surface area (TPSA) is 22.1 Å². The fraction of sp³-hybridized carbons (Fsp3) is 0.286. The van der Waals surface area contributed by atoms with Crippen molar-refractivity contribution in [3.63, 3.8) is 0 Å². The third kappa shape index (κ3) is 1.61. The number of nitrogens with zero attached hydrogens (tertiary/aromatic N) is 1. The first-order valence-electron chi connectivity index (χ1n) is 3.01. The molecule has 60 valence electrons. The molecule has 0 aliphatic carbocycles. The van der Waals surface area contributed by atoms with Crippen LogP contribution in [0.4, 0.5) is 4.39 Å². The van der Waals surface area contributed by atoms with Crippen molar-refractivity contribution in [1.82, 2.24) is 4.98 Å². The predicted octanol–water partition coefficient (Wildman–Crippen LogP) is 2.14. The van der Waals surface area contributed by atoms with Crippen LogP contribution in [0.3, 0.4) is 0 Å². The van der Waals surface area contributed by atoms with Crippen LogP contribution < -0.4 is 4.74 Å². The van der Waals surface area contributed by atoms with Crippen LogP contribution in [-0.4, -0.2) is 12.1 Å². The van der Waals surface area contributed by atoms with Crippen LogP contribution in [0.1, 0.15) is 5.56 Å². The zero-order valence-electron chi connectivity index (χ0n) is 6.19. The van der Waals surface area contributed by atoms with E-state index in [9.17, 15) is 4.39 Å². The van der Waals surface area contributed by atoms with Gasteiger partial charge >= 0.3 is 0 Å². The lowest BCUT2D eigenvalue weighted by Crippen LogP contribution is -1.96. The lowest BCUT2D eigenvalue weighted by atomic mass is 10.3. The number of hydrogen-bond donors (Lipinski definition) is 0. The maximum absolute atomic E-state index is 12.8. The largest absolute Gasteiger partial charge is 0.481 e. The highest BCUT2D eigenvalue weighted by Gasteiger charge is 2.07. The van der Waals surface area contributed by atoms with E-state index in [1.807, 2.05) is 22.6 Å². The molecule has 0 aliphatic heterocycles. The van der Waals surface area contributed by atoms with Crippen molar-refractivity contribution < 1.29 is 9.13 Å². The molecular weight excluding hydrogens is 260 g/mol. The second-order valence-corrected chi connectivity index (χ2v) is 3.13. The standard InChI is InChI=1S/C7H7FINO/c1-4-6(9)5(8)3-10-7(4)11-2/h3H,1-2H3. The molecule has 0 bridgehead atoms. The van der Waals surface area contributed by atoms with Gasteiger partial charge in [-0.2, -0.15) is 0 Å². The molecule has 1 heterocycles. The number of halogens is 2. The summed E-state index contributed by atoms with van der Waals surface area (Å²) < 4.78 is 18.2. The highest BCUT2D eigenvalue weighted by Crippen LogP contribution is 2.21. The molecule has 0 atom stereocenters. The third-order valence-electron chi connectivity index (χ3n) is 1.35. The molecule has 1 aromatic heterocycles. The molecule has 1 aromatic rings. The quantitative estimate of drug-likeness (QED) is 0.727. The van der Waals surface area contributed by atoms with Gasteiger partial charge in [0.1, 0.15) is 0 Å². The first-order valence-corrected chi connectivity index (χ1v) is 4.09. The molecule has 0 radical (unpaired) electrons. The zero-order chi connectivity index (χ0) is 8.43. The molecule has 2 nitrogen and oxygen atoms in total. The second-order valence-electron chi connectivity index (χ2n) is 2.05. The van der Waals surface area contributed by atoms with Gasteiger partial charge in [0.25, 0.3) is 0 Å². The van der Waals surface area contributed by atoms with E-state index in [0.29, 0.717) is 9.45 Å². The average Bonchev–Trinajstić information content (AvgIpc) is 2.01. The Morgan fingerprint density at radius 2 is 2.27 bits per heavy atom. The summed E-state index contributed by atoms with van der Waals surface area (Å²) in [5, 5.41) is 0. The Bertz CT molecular complexity index is 277. The molecule has 0 aliphatic rings. The summed E-state index contributed by atoms with van der Waals surface area (Å²) in [6.07, 6.45) is 1.16. The van der Waals surface area contributed by atoms with Gasteiger partial charge in [-0.1, -0.05) is 0 Å². The van der Waals surface area contributed by atoms with Gasteiger partial charge in [0.15, 0.2) is 5.82 Å². The highest BCUT2D eigenvalue weighted by molar-refractivity contribution is 14.1. The van der Waals surface area contributed by atoms with E-state index in [1.54, 1.807) is 6.92 Å². The molecule has 0 fully saturated rings. The van der Waals surface area contributed by atoms with Crippen LogP contribution in [0.25, 0.3) is 0 Å². The van der Waals surface area contributed by atoms with Gasteiger partial charge in [0.2, 0.25) is 5.88 Å². The summed E-state index contributed by atoms with van der Waals surface area (Å²) in [7, 11) is 1.52. The van der Waals surface area contributed by atoms with Gasteiger partial charge in [0, 0.05) is 5.56 Å². The van der Waals surface area contributed by atoms with E-state index in [4.69, 9.17) is 4.74 Å². The normalized spacial score (nSPS) is 9.82. The van der Waals surface area contributed by atoms with Crippen molar-refractivity contribution in [3.8, 4) is 5.88 Å². The first kappa shape index (κ1) is 8.70. The first-order chi connectivity index (χ1) is 5.16. The van der Waals surface area contributed by atoms with Crippen molar-refractivity contribution in [3.05, 3.63) is 21.1 Å². The lowest BCUT2D eigenvalue weighted by molar-refractivity contribution is 0.391. The zero-order valence-corrected chi connectivity index (χ0v) is 8.35. The van der Waals surface area contributed by atoms with Gasteiger partial charge in [-0.05, 0) is 29.5 Å². The average molecular weight is 267 g/mol. The minimum Gasteiger partial charge on any atom is -0.481 e. The van der Waals surface area contributed by atoms with Crippen LogP contribution in [-0.2, 0) is 0 Å². The van der Waals surface area contributed by atoms with Crippen LogP contribution in [0.5, 0.6) is 5.88 Å². The summed E-state index contributed by atoms with van der Waals surface area (Å²) in [5.74, 6) is 0.180. The summed E-state index contributed by atoms with van der Waals surface area (Å²) in [4.78, 5) is 3.76. The summed E-state index contributed by atoms with van der Waals surface area (Å²) in [5.41, 5.74) is 0.744. The predicted molar refractivity (Wildman–Crippen MR) is 48.2 cm³/mol. The molecule has 0 unspecified atom stereocenters. The lowest BCUT2D eigenvalue weighted by Gasteiger charge is -2.04. The minimum atomic E-state index is -0.302. The van der Waals surface area contributed by atoms with Gasteiger partial charge in [0.05, 0.1) is 16.9 Å². The smallest absolute Gasteiger partial charge is 0.217 e. The summed E-state index contributed by atoms with van der Waals surface area (Å²) >= 11 is 1.92. The Kier molecular flexibility index (Phi) is 2.64. The Balaban J connectivity index is 3.25. The minimum absolute atomic E-state index is 0.302. The summed E-state index contributed by atoms with van der Waals surface area (Å²) in [6.45, 7) is 1.77. The Labute approximate surface area is 77.9 Å². The molecular formula is C7H7FINO. The number of aromatic nitrogens is 1. The molecule has 1 rings (SSSR count). The Morgan fingerprint density at radius 3 is 2.82 bits per heavy atom. The second kappa shape index (κ2) is 3.34. The monoisotopic (exact) mass is 267 g/mol. The SMILES string of the molecule is COc1ncc(F)c(I)c1C. The van der Waals surface area contributed by atoms with E-state index in [0.717, 1.165) is 11.8 Å². The van der Waals surface area contributed by atoms with Crippen LogP contribution in [0, 0.1) is 16.3 Å². The van der Waals surface area contributed by atoms with E-state index in [1.165, 1.54) is 7.11 Å². The number of ether oxygens (including phenoxy) is 1. The van der Waals surface area contributed by atoms with Crippen molar-refractivity contribution in [2.24, 2.45) is 0 Å². The van der Waals surface area contributed by atoms with Crippen LogP contribution in [0.15, 0.2) is 6.20 Å². The van der Waals surface area contributed by atoms with E-state index in [-0.39, 0.29) is 5.82 Å². The van der Waals surface area contributed by atoms with Crippen molar-refractivity contribution >= 4 is 22.6 Å². The molecule has 0 amide bonds. The molecule has 0 N–H and O–H groups in total. The van der Waals surface area contributed by atoms with Gasteiger partial charge in [-0.15, -0.1) is 0 Å². The number of rotatable bonds is 1. The summed E-state index contributed by atoms with van der Waals surface area (Å²) in [6, 6.07) is 0. The number of pyridine rings is 1. The van der Waals surface area contributed by atoms with E-state index in [2.05, 4.69) is 4.98 Å². The van der Waals surface area contributed by atoms with Crippen molar-refractivity contribution in [1.29, 1.82) is 0 Å². The molecule has 4 heteroatoms. The molecule has 0 saturated heterocycles. The molecule has 0 aromatic carbocycles. The maximum Gasteiger partial charge on any atom is 0.217 e. The third-order valence-corrected chi connectivity index (χ3v) is 2.67. The van der Waals surface area contributed by atoms with Gasteiger partial charge in [-0.3, -0.25) is 0 Å². The Morgan fingerprint density at radius 1 is 1.64 bits per heavy atom. The Hall–Kier alpha value is -0.390. The van der Waals surface area contributed by atoms with Crippen molar-refractivity contribution in [2.45, 2.75) is 6.92 Å².